The molecule has 1 aliphatic heterocycles. The Bertz CT molecular complexity index is 777. The van der Waals surface area contributed by atoms with E-state index < -0.39 is 0 Å². The predicted molar refractivity (Wildman–Crippen MR) is 93.7 cm³/mol. The van der Waals surface area contributed by atoms with Gasteiger partial charge in [-0.3, -0.25) is 9.48 Å². The highest BCUT2D eigenvalue weighted by Gasteiger charge is 2.27. The van der Waals surface area contributed by atoms with Gasteiger partial charge in [0.1, 0.15) is 11.4 Å². The quantitative estimate of drug-likeness (QED) is 0.897. The van der Waals surface area contributed by atoms with Gasteiger partial charge in [0.2, 0.25) is 0 Å². The van der Waals surface area contributed by atoms with E-state index >= 15 is 0 Å². The Kier molecular flexibility index (Phi) is 4.30. The molecule has 1 aromatic heterocycles. The van der Waals surface area contributed by atoms with Crippen LogP contribution in [0.25, 0.3) is 0 Å². The first-order valence-electron chi connectivity index (χ1n) is 8.06. The van der Waals surface area contributed by atoms with Gasteiger partial charge in [0.05, 0.1) is 23.2 Å². The van der Waals surface area contributed by atoms with Crippen LogP contribution in [0.4, 0.5) is 0 Å². The third-order valence-corrected chi connectivity index (χ3v) is 4.38. The van der Waals surface area contributed by atoms with Crippen LogP contribution >= 0.6 is 11.6 Å². The predicted octanol–water partition coefficient (Wildman–Crippen LogP) is 3.85. The summed E-state index contributed by atoms with van der Waals surface area (Å²) in [6.07, 6.45) is 0.706. The van der Waals surface area contributed by atoms with Crippen molar-refractivity contribution in [1.82, 2.24) is 15.1 Å². The van der Waals surface area contributed by atoms with E-state index in [1.54, 1.807) is 6.07 Å². The number of hydrogen-bond donors (Lipinski definition) is 1. The minimum absolute atomic E-state index is 0.125. The van der Waals surface area contributed by atoms with Crippen LogP contribution in [-0.4, -0.2) is 22.3 Å². The van der Waals surface area contributed by atoms with Crippen molar-refractivity contribution in [3.05, 3.63) is 46.2 Å². The summed E-state index contributed by atoms with van der Waals surface area (Å²) in [6.45, 7) is 8.66. The number of fused-ring (bicyclic) bond motifs is 1. The second-order valence-electron chi connectivity index (χ2n) is 7.07. The third kappa shape index (κ3) is 3.13. The lowest BCUT2D eigenvalue weighted by Crippen LogP contribution is -2.33. The maximum Gasteiger partial charge on any atom is 0.272 e. The van der Waals surface area contributed by atoms with Gasteiger partial charge in [-0.1, -0.05) is 23.7 Å². The fourth-order valence-corrected chi connectivity index (χ4v) is 3.27. The number of aromatic nitrogens is 2. The molecule has 0 aliphatic carbocycles. The number of para-hydroxylation sites is 1. The number of amides is 1. The van der Waals surface area contributed by atoms with Gasteiger partial charge in [-0.05, 0) is 39.8 Å². The molecule has 24 heavy (non-hydrogen) atoms. The summed E-state index contributed by atoms with van der Waals surface area (Å²) in [7, 11) is 0. The van der Waals surface area contributed by atoms with E-state index in [1.807, 2.05) is 29.8 Å². The lowest BCUT2D eigenvalue weighted by Gasteiger charge is -2.27. The van der Waals surface area contributed by atoms with Gasteiger partial charge in [0.15, 0.2) is 0 Å². The molecule has 1 aromatic carbocycles. The maximum atomic E-state index is 12.6. The first-order valence-corrected chi connectivity index (χ1v) is 8.44. The maximum absolute atomic E-state index is 12.6. The van der Waals surface area contributed by atoms with E-state index in [0.29, 0.717) is 29.5 Å². The second kappa shape index (κ2) is 6.13. The number of nitrogens with zero attached hydrogens (tertiary/aromatic N) is 2. The lowest BCUT2D eigenvalue weighted by atomic mass is 10.0. The molecular formula is C18H22ClN3O2. The highest BCUT2D eigenvalue weighted by molar-refractivity contribution is 6.32. The monoisotopic (exact) mass is 347 g/mol. The fraction of sp³-hybridized carbons (Fsp3) is 0.444. The van der Waals surface area contributed by atoms with Crippen molar-refractivity contribution in [1.29, 1.82) is 0 Å². The van der Waals surface area contributed by atoms with Crippen molar-refractivity contribution in [3.63, 3.8) is 0 Å². The van der Waals surface area contributed by atoms with Crippen LogP contribution in [0, 0.1) is 6.92 Å². The molecule has 1 atom stereocenters. The smallest absolute Gasteiger partial charge is 0.272 e. The van der Waals surface area contributed by atoms with Crippen molar-refractivity contribution in [2.24, 2.45) is 0 Å². The molecule has 0 saturated heterocycles. The second-order valence-corrected chi connectivity index (χ2v) is 7.48. The van der Waals surface area contributed by atoms with Crippen LogP contribution in [0.5, 0.6) is 5.75 Å². The number of rotatable bonds is 2. The molecule has 0 radical (unpaired) electrons. The lowest BCUT2D eigenvalue weighted by molar-refractivity contribution is 0.0918. The Balaban J connectivity index is 1.83. The molecule has 0 saturated carbocycles. The Morgan fingerprint density at radius 3 is 2.83 bits per heavy atom. The number of benzene rings is 1. The molecule has 0 unspecified atom stereocenters. The van der Waals surface area contributed by atoms with Crippen molar-refractivity contribution in [2.75, 3.05) is 6.61 Å². The zero-order valence-corrected chi connectivity index (χ0v) is 15.1. The minimum atomic E-state index is -0.182. The number of nitrogens with one attached hydrogen (secondary N) is 1. The molecule has 2 aromatic rings. The molecule has 0 fully saturated rings. The molecule has 2 heterocycles. The number of ether oxygens (including phenoxy) is 1. The molecule has 0 bridgehead atoms. The van der Waals surface area contributed by atoms with Crippen LogP contribution in [0.1, 0.15) is 55.0 Å². The molecule has 1 aliphatic rings. The van der Waals surface area contributed by atoms with E-state index in [2.05, 4.69) is 31.2 Å². The zero-order valence-electron chi connectivity index (χ0n) is 14.4. The van der Waals surface area contributed by atoms with Crippen molar-refractivity contribution >= 4 is 17.5 Å². The molecule has 3 rings (SSSR count). The van der Waals surface area contributed by atoms with Gasteiger partial charge < -0.3 is 10.1 Å². The summed E-state index contributed by atoms with van der Waals surface area (Å²) < 4.78 is 7.51. The van der Waals surface area contributed by atoms with E-state index in [9.17, 15) is 4.79 Å². The highest BCUT2D eigenvalue weighted by Crippen LogP contribution is 2.37. The summed E-state index contributed by atoms with van der Waals surface area (Å²) in [5.74, 6) is 0.478. The number of carbonyl (C=O) groups excluding carboxylic acids is 1. The Hall–Kier alpha value is -2.01. The molecule has 6 heteroatoms. The van der Waals surface area contributed by atoms with Crippen molar-refractivity contribution in [2.45, 2.75) is 45.7 Å². The van der Waals surface area contributed by atoms with Crippen LogP contribution in [0.15, 0.2) is 24.3 Å². The summed E-state index contributed by atoms with van der Waals surface area (Å²) in [5, 5.41) is 8.09. The molecule has 1 N–H and O–H groups in total. The first-order chi connectivity index (χ1) is 11.3. The molecule has 1 amide bonds. The third-order valence-electron chi connectivity index (χ3n) is 4.09. The van der Waals surface area contributed by atoms with E-state index in [1.165, 1.54) is 0 Å². The van der Waals surface area contributed by atoms with Crippen molar-refractivity contribution in [3.8, 4) is 5.75 Å². The number of halogens is 1. The van der Waals surface area contributed by atoms with Crippen LogP contribution < -0.4 is 10.1 Å². The van der Waals surface area contributed by atoms with Gasteiger partial charge >= 0.3 is 0 Å². The summed E-state index contributed by atoms with van der Waals surface area (Å²) in [4.78, 5) is 12.6. The van der Waals surface area contributed by atoms with E-state index in [0.717, 1.165) is 11.3 Å². The zero-order chi connectivity index (χ0) is 17.5. The average Bonchev–Trinajstić information content (AvgIpc) is 2.91. The number of carbonyl (C=O) groups is 1. The van der Waals surface area contributed by atoms with Crippen molar-refractivity contribution < 1.29 is 9.53 Å². The molecule has 0 spiro atoms. The topological polar surface area (TPSA) is 56.1 Å². The van der Waals surface area contributed by atoms with Crippen LogP contribution in [0.3, 0.4) is 0 Å². The normalized spacial score (nSPS) is 17.1. The first kappa shape index (κ1) is 16.8. The van der Waals surface area contributed by atoms with Gasteiger partial charge in [0.25, 0.3) is 5.91 Å². The number of aryl methyl sites for hydroxylation is 1. The van der Waals surface area contributed by atoms with Gasteiger partial charge in [0, 0.05) is 17.7 Å². The highest BCUT2D eigenvalue weighted by atomic mass is 35.5. The van der Waals surface area contributed by atoms with Gasteiger partial charge in [-0.15, -0.1) is 0 Å². The molecular weight excluding hydrogens is 326 g/mol. The van der Waals surface area contributed by atoms with Crippen LogP contribution in [0.2, 0.25) is 5.02 Å². The SMILES string of the molecule is Cc1cc(C(=O)N[C@H]2CCOc3c(Cl)cccc32)nn1C(C)(C)C. The Morgan fingerprint density at radius 1 is 1.42 bits per heavy atom. The molecule has 128 valence electrons. The Morgan fingerprint density at radius 2 is 2.17 bits per heavy atom. The van der Waals surface area contributed by atoms with E-state index in [4.69, 9.17) is 16.3 Å². The summed E-state index contributed by atoms with van der Waals surface area (Å²) in [5.41, 5.74) is 2.14. The standard InChI is InChI=1S/C18H22ClN3O2/c1-11-10-15(21-22(11)18(2,3)4)17(23)20-14-8-9-24-16-12(14)6-5-7-13(16)19/h5-7,10,14H,8-9H2,1-4H3,(H,20,23)/t14-/m0/s1. The number of hydrogen-bond acceptors (Lipinski definition) is 3. The summed E-state index contributed by atoms with van der Waals surface area (Å²) in [6, 6.07) is 7.29. The Labute approximate surface area is 147 Å². The van der Waals surface area contributed by atoms with Crippen LogP contribution in [-0.2, 0) is 5.54 Å². The van der Waals surface area contributed by atoms with Gasteiger partial charge in [-0.25, -0.2) is 0 Å². The summed E-state index contributed by atoms with van der Waals surface area (Å²) >= 11 is 6.18. The average molecular weight is 348 g/mol. The minimum Gasteiger partial charge on any atom is -0.492 e. The largest absolute Gasteiger partial charge is 0.492 e. The fourth-order valence-electron chi connectivity index (χ4n) is 3.03. The molecule has 5 nitrogen and oxygen atoms in total. The van der Waals surface area contributed by atoms with Gasteiger partial charge in [-0.2, -0.15) is 5.10 Å². The van der Waals surface area contributed by atoms with E-state index in [-0.39, 0.29) is 17.5 Å².